The van der Waals surface area contributed by atoms with Gasteiger partial charge in [0.2, 0.25) is 5.12 Å². The number of thioether (sulfide) groups is 1. The minimum Gasteiger partial charge on any atom is -0.550 e. The van der Waals surface area contributed by atoms with E-state index in [0.717, 1.165) is 11.8 Å². The summed E-state index contributed by atoms with van der Waals surface area (Å²) in [6, 6.07) is 0. The van der Waals surface area contributed by atoms with Crippen molar-refractivity contribution in [3.63, 3.8) is 0 Å². The molecule has 0 aliphatic carbocycles. The van der Waals surface area contributed by atoms with Crippen LogP contribution >= 0.6 is 11.8 Å². The highest BCUT2D eigenvalue weighted by atomic mass is 32.2. The van der Waals surface area contributed by atoms with E-state index >= 15 is 0 Å². The maximum absolute atomic E-state index is 11.4. The molecule has 0 aliphatic heterocycles. The quantitative estimate of drug-likeness (QED) is 0.458. The Morgan fingerprint density at radius 1 is 1.33 bits per heavy atom. The Bertz CT molecular complexity index is 233. The highest BCUT2D eigenvalue weighted by Gasteiger charge is 2.27. The van der Waals surface area contributed by atoms with E-state index in [4.69, 9.17) is 0 Å². The lowest BCUT2D eigenvalue weighted by Gasteiger charge is -2.13. The molecule has 0 saturated heterocycles. The van der Waals surface area contributed by atoms with Gasteiger partial charge in [-0.2, -0.15) is 0 Å². The van der Waals surface area contributed by atoms with Gasteiger partial charge in [-0.3, -0.25) is 9.59 Å². The van der Waals surface area contributed by atoms with Gasteiger partial charge in [0, 0.05) is 12.4 Å². The Kier molecular flexibility index (Phi) is 6.77. The molecule has 0 heterocycles. The summed E-state index contributed by atoms with van der Waals surface area (Å²) in [6.07, 6.45) is -0.620. The highest BCUT2D eigenvalue weighted by Crippen LogP contribution is 2.16. The van der Waals surface area contributed by atoms with E-state index < -0.39 is 29.4 Å². The molecule has 0 aliphatic rings. The molecule has 0 spiro atoms. The summed E-state index contributed by atoms with van der Waals surface area (Å²) < 4.78 is 4.61. The maximum atomic E-state index is 11.4. The van der Waals surface area contributed by atoms with Crippen molar-refractivity contribution in [2.45, 2.75) is 20.3 Å². The average Bonchev–Trinajstić information content (AvgIpc) is 2.14. The molecule has 0 bridgehead atoms. The number of ether oxygens (including phenoxy) is 1. The Morgan fingerprint density at radius 3 is 2.33 bits per heavy atom. The van der Waals surface area contributed by atoms with Crippen LogP contribution in [-0.2, 0) is 19.1 Å². The molecule has 0 fully saturated rings. The van der Waals surface area contributed by atoms with Gasteiger partial charge in [-0.05, 0) is 12.7 Å². The molecule has 15 heavy (non-hydrogen) atoms. The van der Waals surface area contributed by atoms with Crippen LogP contribution in [0.15, 0.2) is 0 Å². The largest absolute Gasteiger partial charge is 0.550 e. The fraction of sp³-hybridized carbons (Fsp3) is 0.667. The normalized spacial score (nSPS) is 11.9. The Hall–Kier alpha value is -1.04. The zero-order valence-electron chi connectivity index (χ0n) is 8.65. The molecular formula is C9H13O5S-. The van der Waals surface area contributed by atoms with Crippen LogP contribution in [-0.4, -0.2) is 29.4 Å². The molecule has 0 rings (SSSR count). The number of carbonyl (C=O) groups is 3. The van der Waals surface area contributed by atoms with Crippen molar-refractivity contribution < 1.29 is 24.2 Å². The molecule has 1 atom stereocenters. The van der Waals surface area contributed by atoms with Crippen LogP contribution in [0.2, 0.25) is 0 Å². The lowest BCUT2D eigenvalue weighted by molar-refractivity contribution is -0.306. The summed E-state index contributed by atoms with van der Waals surface area (Å²) in [7, 11) is 0. The van der Waals surface area contributed by atoms with Gasteiger partial charge in [0.25, 0.3) is 0 Å². The van der Waals surface area contributed by atoms with Crippen molar-refractivity contribution in [3.05, 3.63) is 0 Å². The van der Waals surface area contributed by atoms with E-state index in [0.29, 0.717) is 5.75 Å². The van der Waals surface area contributed by atoms with Crippen LogP contribution in [0.4, 0.5) is 0 Å². The summed E-state index contributed by atoms with van der Waals surface area (Å²) in [5.41, 5.74) is 0. The van der Waals surface area contributed by atoms with Crippen LogP contribution in [0.1, 0.15) is 20.3 Å². The molecule has 0 saturated carbocycles. The van der Waals surface area contributed by atoms with Crippen LogP contribution in [0.5, 0.6) is 0 Å². The Morgan fingerprint density at radius 2 is 1.93 bits per heavy atom. The molecule has 0 N–H and O–H groups in total. The summed E-state index contributed by atoms with van der Waals surface area (Å²) in [4.78, 5) is 33.0. The first-order valence-electron chi connectivity index (χ1n) is 4.56. The number of aliphatic carboxylic acids is 1. The number of hydrogen-bond acceptors (Lipinski definition) is 6. The van der Waals surface area contributed by atoms with Gasteiger partial charge >= 0.3 is 5.97 Å². The van der Waals surface area contributed by atoms with Crippen LogP contribution in [0.3, 0.4) is 0 Å². The van der Waals surface area contributed by atoms with Crippen LogP contribution in [0.25, 0.3) is 0 Å². The molecular weight excluding hydrogens is 220 g/mol. The molecule has 86 valence electrons. The van der Waals surface area contributed by atoms with E-state index in [2.05, 4.69) is 4.74 Å². The summed E-state index contributed by atoms with van der Waals surface area (Å²) in [5.74, 6) is -2.99. The topological polar surface area (TPSA) is 83.5 Å². The average molecular weight is 233 g/mol. The minimum atomic E-state index is -1.43. The second-order valence-electron chi connectivity index (χ2n) is 2.63. The van der Waals surface area contributed by atoms with Gasteiger partial charge in [0.05, 0.1) is 6.61 Å². The minimum absolute atomic E-state index is 0.118. The zero-order chi connectivity index (χ0) is 11.8. The molecule has 6 heteroatoms. The van der Waals surface area contributed by atoms with Crippen molar-refractivity contribution in [1.82, 2.24) is 0 Å². The first kappa shape index (κ1) is 14.0. The zero-order valence-corrected chi connectivity index (χ0v) is 9.46. The lowest BCUT2D eigenvalue weighted by Crippen LogP contribution is -2.33. The van der Waals surface area contributed by atoms with Crippen molar-refractivity contribution in [1.29, 1.82) is 0 Å². The fourth-order valence-electron chi connectivity index (χ4n) is 0.915. The third kappa shape index (κ3) is 5.41. The lowest BCUT2D eigenvalue weighted by atomic mass is 10.1. The Labute approximate surface area is 92.2 Å². The number of esters is 1. The second kappa shape index (κ2) is 7.28. The second-order valence-corrected chi connectivity index (χ2v) is 3.90. The van der Waals surface area contributed by atoms with Gasteiger partial charge in [0.15, 0.2) is 0 Å². The predicted octanol–water partition coefficient (Wildman–Crippen LogP) is -0.415. The van der Waals surface area contributed by atoms with Crippen LogP contribution < -0.4 is 5.11 Å². The summed E-state index contributed by atoms with van der Waals surface area (Å²) in [6.45, 7) is 3.45. The van der Waals surface area contributed by atoms with Crippen molar-refractivity contribution in [3.8, 4) is 0 Å². The SMILES string of the molecule is CCOC(=O)C(CC(=O)[O-])C(=O)SCC. The van der Waals surface area contributed by atoms with E-state index in [1.165, 1.54) is 0 Å². The first-order valence-corrected chi connectivity index (χ1v) is 5.54. The Balaban J connectivity index is 4.49. The van der Waals surface area contributed by atoms with Crippen molar-refractivity contribution in [2.24, 2.45) is 5.92 Å². The fourth-order valence-corrected chi connectivity index (χ4v) is 1.58. The molecule has 5 nitrogen and oxygen atoms in total. The van der Waals surface area contributed by atoms with Gasteiger partial charge in [-0.15, -0.1) is 0 Å². The number of rotatable bonds is 6. The number of carboxylic acids is 1. The van der Waals surface area contributed by atoms with E-state index in [1.54, 1.807) is 13.8 Å². The summed E-state index contributed by atoms with van der Waals surface area (Å²) >= 11 is 0.905. The molecule has 0 amide bonds. The number of carboxylic acid groups (broad SMARTS) is 1. The smallest absolute Gasteiger partial charge is 0.317 e. The predicted molar refractivity (Wildman–Crippen MR) is 52.9 cm³/mol. The van der Waals surface area contributed by atoms with Gasteiger partial charge in [-0.1, -0.05) is 18.7 Å². The monoisotopic (exact) mass is 233 g/mol. The standard InChI is InChI=1S/C9H14O5S/c1-3-14-8(12)6(5-7(10)11)9(13)15-4-2/h6H,3-5H2,1-2H3,(H,10,11)/p-1. The van der Waals surface area contributed by atoms with Crippen molar-refractivity contribution in [2.75, 3.05) is 12.4 Å². The van der Waals surface area contributed by atoms with Gasteiger partial charge in [0.1, 0.15) is 5.92 Å². The van der Waals surface area contributed by atoms with E-state index in [9.17, 15) is 19.5 Å². The van der Waals surface area contributed by atoms with Crippen LogP contribution in [0, 0.1) is 5.92 Å². The third-order valence-electron chi connectivity index (χ3n) is 1.51. The summed E-state index contributed by atoms with van der Waals surface area (Å²) in [5, 5.41) is 9.86. The number of carbonyl (C=O) groups excluding carboxylic acids is 3. The van der Waals surface area contributed by atoms with E-state index in [-0.39, 0.29) is 6.61 Å². The van der Waals surface area contributed by atoms with Gasteiger partial charge in [-0.25, -0.2) is 0 Å². The molecule has 0 aromatic rings. The van der Waals surface area contributed by atoms with Crippen molar-refractivity contribution >= 4 is 28.8 Å². The van der Waals surface area contributed by atoms with E-state index in [1.807, 2.05) is 0 Å². The molecule has 0 aromatic carbocycles. The maximum Gasteiger partial charge on any atom is 0.317 e. The molecule has 1 unspecified atom stereocenters. The van der Waals surface area contributed by atoms with Gasteiger partial charge < -0.3 is 14.6 Å². The highest BCUT2D eigenvalue weighted by molar-refractivity contribution is 8.13. The number of hydrogen-bond donors (Lipinski definition) is 0. The third-order valence-corrected chi connectivity index (χ3v) is 2.37. The first-order chi connectivity index (χ1) is 7.02. The molecule has 0 aromatic heterocycles. The molecule has 0 radical (unpaired) electrons.